The molecule has 1 atom stereocenters. The quantitative estimate of drug-likeness (QED) is 0.616. The summed E-state index contributed by atoms with van der Waals surface area (Å²) in [5.41, 5.74) is 0.481. The van der Waals surface area contributed by atoms with Gasteiger partial charge in [0.05, 0.1) is 18.2 Å². The van der Waals surface area contributed by atoms with Crippen LogP contribution < -0.4 is 10.9 Å². The van der Waals surface area contributed by atoms with Crippen molar-refractivity contribution in [3.05, 3.63) is 58.1 Å². The van der Waals surface area contributed by atoms with Crippen molar-refractivity contribution in [3.63, 3.8) is 0 Å². The molecule has 23 heavy (non-hydrogen) atoms. The summed E-state index contributed by atoms with van der Waals surface area (Å²) in [6, 6.07) is 0. The number of esters is 1. The number of rotatable bonds is 6. The van der Waals surface area contributed by atoms with Crippen molar-refractivity contribution in [3.8, 4) is 0 Å². The van der Waals surface area contributed by atoms with E-state index in [1.807, 2.05) is 30.4 Å². The Kier molecular flexibility index (Phi) is 6.17. The van der Waals surface area contributed by atoms with Gasteiger partial charge in [-0.15, -0.1) is 11.6 Å². The number of hydrogen-bond donors (Lipinski definition) is 2. The third-order valence-electron chi connectivity index (χ3n) is 3.10. The van der Waals surface area contributed by atoms with Crippen LogP contribution in [0.4, 0.5) is 5.95 Å². The molecule has 2 N–H and O–H groups in total. The lowest BCUT2D eigenvalue weighted by Crippen LogP contribution is -2.22. The summed E-state index contributed by atoms with van der Waals surface area (Å²) in [6.45, 7) is 2.46. The highest BCUT2D eigenvalue weighted by atomic mass is 35.5. The molecule has 6 nitrogen and oxygen atoms in total. The Hall–Kier alpha value is -2.34. The van der Waals surface area contributed by atoms with Crippen LogP contribution in [0.2, 0.25) is 0 Å². The Bertz CT molecular complexity index is 707. The number of carbonyl (C=O) groups excluding carboxylic acids is 1. The number of aromatic nitrogens is 2. The minimum atomic E-state index is -0.677. The fourth-order valence-corrected chi connectivity index (χ4v) is 2.11. The van der Waals surface area contributed by atoms with Crippen molar-refractivity contribution < 1.29 is 9.53 Å². The Morgan fingerprint density at radius 1 is 1.48 bits per heavy atom. The summed E-state index contributed by atoms with van der Waals surface area (Å²) in [4.78, 5) is 29.9. The Morgan fingerprint density at radius 3 is 3.04 bits per heavy atom. The van der Waals surface area contributed by atoms with E-state index < -0.39 is 11.5 Å². The standard InChI is InChI=1S/C16H18ClN3O3/c1-2-23-15(22)13-10-19-16(20-14(13)21)18-9-8-11-4-3-5-12(17)7-6-11/h3-7,10,12H,2,8-9H2,1H3,(H2,18,19,20,21). The zero-order valence-corrected chi connectivity index (χ0v) is 13.5. The minimum absolute atomic E-state index is 0.0925. The summed E-state index contributed by atoms with van der Waals surface area (Å²) in [7, 11) is 0. The third-order valence-corrected chi connectivity index (χ3v) is 3.39. The van der Waals surface area contributed by atoms with Gasteiger partial charge in [0, 0.05) is 6.54 Å². The molecule has 122 valence electrons. The van der Waals surface area contributed by atoms with E-state index in [0.29, 0.717) is 12.5 Å². The van der Waals surface area contributed by atoms with Gasteiger partial charge in [-0.2, -0.15) is 0 Å². The van der Waals surface area contributed by atoms with E-state index >= 15 is 0 Å². The predicted molar refractivity (Wildman–Crippen MR) is 89.9 cm³/mol. The van der Waals surface area contributed by atoms with Crippen molar-refractivity contribution in [1.82, 2.24) is 9.97 Å². The molecule has 2 rings (SSSR count). The average molecular weight is 336 g/mol. The number of aromatic amines is 1. The van der Waals surface area contributed by atoms with Gasteiger partial charge in [0.1, 0.15) is 5.56 Å². The number of carbonyl (C=O) groups is 1. The maximum atomic E-state index is 11.8. The normalized spacial score (nSPS) is 16.6. The first-order valence-electron chi connectivity index (χ1n) is 7.30. The molecule has 0 amide bonds. The molecular weight excluding hydrogens is 318 g/mol. The van der Waals surface area contributed by atoms with Crippen LogP contribution >= 0.6 is 11.6 Å². The van der Waals surface area contributed by atoms with Gasteiger partial charge >= 0.3 is 5.97 Å². The number of allylic oxidation sites excluding steroid dienone is 5. The summed E-state index contributed by atoms with van der Waals surface area (Å²) in [5.74, 6) is -0.365. The van der Waals surface area contributed by atoms with Crippen LogP contribution in [0, 0.1) is 0 Å². The van der Waals surface area contributed by atoms with Crippen molar-refractivity contribution >= 4 is 23.5 Å². The number of halogens is 1. The first kappa shape index (κ1) is 17.0. The molecule has 1 aliphatic carbocycles. The highest BCUT2D eigenvalue weighted by molar-refractivity contribution is 6.23. The second kappa shape index (κ2) is 8.33. The largest absolute Gasteiger partial charge is 0.462 e. The van der Waals surface area contributed by atoms with E-state index in [9.17, 15) is 9.59 Å². The molecule has 0 saturated heterocycles. The predicted octanol–water partition coefficient (Wildman–Crippen LogP) is 2.41. The summed E-state index contributed by atoms with van der Waals surface area (Å²) >= 11 is 5.99. The smallest absolute Gasteiger partial charge is 0.345 e. The number of nitrogens with one attached hydrogen (secondary N) is 2. The monoisotopic (exact) mass is 335 g/mol. The van der Waals surface area contributed by atoms with E-state index in [1.54, 1.807) is 6.92 Å². The Balaban J connectivity index is 1.92. The van der Waals surface area contributed by atoms with E-state index in [-0.39, 0.29) is 17.5 Å². The molecule has 1 unspecified atom stereocenters. The van der Waals surface area contributed by atoms with E-state index in [4.69, 9.17) is 16.3 Å². The molecule has 1 aromatic heterocycles. The number of nitrogens with zero attached hydrogens (tertiary/aromatic N) is 1. The van der Waals surface area contributed by atoms with Crippen LogP contribution in [-0.4, -0.2) is 34.5 Å². The number of alkyl halides is 1. The topological polar surface area (TPSA) is 84.1 Å². The van der Waals surface area contributed by atoms with E-state index in [2.05, 4.69) is 15.3 Å². The van der Waals surface area contributed by atoms with Crippen molar-refractivity contribution in [2.24, 2.45) is 0 Å². The Morgan fingerprint density at radius 2 is 2.30 bits per heavy atom. The molecule has 1 aromatic rings. The molecule has 1 aliphatic rings. The molecule has 1 heterocycles. The Labute approximate surface area is 138 Å². The zero-order chi connectivity index (χ0) is 16.7. The number of ether oxygens (including phenoxy) is 1. The molecule has 0 fully saturated rings. The zero-order valence-electron chi connectivity index (χ0n) is 12.7. The van der Waals surface area contributed by atoms with Gasteiger partial charge in [0.25, 0.3) is 5.56 Å². The third kappa shape index (κ3) is 5.10. The summed E-state index contributed by atoms with van der Waals surface area (Å²) in [6.07, 6.45) is 11.6. The average Bonchev–Trinajstić information content (AvgIpc) is 2.72. The fourth-order valence-electron chi connectivity index (χ4n) is 1.95. The van der Waals surface area contributed by atoms with Crippen LogP contribution in [0.1, 0.15) is 23.7 Å². The fraction of sp³-hybridized carbons (Fsp3) is 0.312. The van der Waals surface area contributed by atoms with Crippen LogP contribution in [0.25, 0.3) is 0 Å². The number of H-pyrrole nitrogens is 1. The summed E-state index contributed by atoms with van der Waals surface area (Å²) in [5, 5.41) is 2.92. The molecule has 0 aromatic carbocycles. The van der Waals surface area contributed by atoms with E-state index in [1.165, 1.54) is 6.20 Å². The van der Waals surface area contributed by atoms with Crippen LogP contribution in [0.5, 0.6) is 0 Å². The van der Waals surface area contributed by atoms with Gasteiger partial charge in [-0.05, 0) is 18.9 Å². The van der Waals surface area contributed by atoms with Gasteiger partial charge in [-0.1, -0.05) is 30.4 Å². The highest BCUT2D eigenvalue weighted by Gasteiger charge is 2.12. The molecule has 7 heteroatoms. The van der Waals surface area contributed by atoms with Gasteiger partial charge in [-0.25, -0.2) is 9.78 Å². The second-order valence-corrected chi connectivity index (χ2v) is 5.31. The van der Waals surface area contributed by atoms with E-state index in [0.717, 1.165) is 12.0 Å². The highest BCUT2D eigenvalue weighted by Crippen LogP contribution is 2.12. The van der Waals surface area contributed by atoms with Gasteiger partial charge < -0.3 is 10.1 Å². The second-order valence-electron chi connectivity index (χ2n) is 4.80. The minimum Gasteiger partial charge on any atom is -0.462 e. The van der Waals surface area contributed by atoms with Gasteiger partial charge in [0.15, 0.2) is 0 Å². The summed E-state index contributed by atoms with van der Waals surface area (Å²) < 4.78 is 4.78. The van der Waals surface area contributed by atoms with Crippen molar-refractivity contribution in [2.75, 3.05) is 18.5 Å². The van der Waals surface area contributed by atoms with Crippen LogP contribution in [0.3, 0.4) is 0 Å². The molecule has 0 radical (unpaired) electrons. The lowest BCUT2D eigenvalue weighted by atomic mass is 10.1. The molecule has 0 aliphatic heterocycles. The van der Waals surface area contributed by atoms with Gasteiger partial charge in [0.2, 0.25) is 5.95 Å². The van der Waals surface area contributed by atoms with Gasteiger partial charge in [-0.3, -0.25) is 9.78 Å². The molecular formula is C16H18ClN3O3. The SMILES string of the molecule is CCOC(=O)c1cnc(NCCC2=CC=CC(Cl)C=C2)[nH]c1=O. The van der Waals surface area contributed by atoms with Crippen LogP contribution in [-0.2, 0) is 4.74 Å². The molecule has 0 bridgehead atoms. The molecule has 0 saturated carbocycles. The van der Waals surface area contributed by atoms with Crippen molar-refractivity contribution in [1.29, 1.82) is 0 Å². The maximum absolute atomic E-state index is 11.8. The first-order valence-corrected chi connectivity index (χ1v) is 7.73. The lowest BCUT2D eigenvalue weighted by Gasteiger charge is -2.06. The van der Waals surface area contributed by atoms with Crippen LogP contribution in [0.15, 0.2) is 46.9 Å². The molecule has 0 spiro atoms. The van der Waals surface area contributed by atoms with Crippen molar-refractivity contribution in [2.45, 2.75) is 18.7 Å². The number of anilines is 1. The number of hydrogen-bond acceptors (Lipinski definition) is 5. The maximum Gasteiger partial charge on any atom is 0.345 e. The lowest BCUT2D eigenvalue weighted by molar-refractivity contribution is 0.0524. The first-order chi connectivity index (χ1) is 11.1.